The lowest BCUT2D eigenvalue weighted by molar-refractivity contribution is -0.148. The van der Waals surface area contributed by atoms with Crippen molar-refractivity contribution in [2.45, 2.75) is 13.0 Å². The molecule has 7 nitrogen and oxygen atoms in total. The predicted molar refractivity (Wildman–Crippen MR) is 106 cm³/mol. The van der Waals surface area contributed by atoms with Gasteiger partial charge in [-0.15, -0.1) is 0 Å². The van der Waals surface area contributed by atoms with Crippen LogP contribution in [0.25, 0.3) is 0 Å². The molecule has 0 aliphatic carbocycles. The Hall–Kier alpha value is -2.87. The summed E-state index contributed by atoms with van der Waals surface area (Å²) >= 11 is 3.36. The molecule has 8 heteroatoms. The molecule has 1 atom stereocenters. The smallest absolute Gasteiger partial charge is 0.326 e. The zero-order valence-electron chi connectivity index (χ0n) is 15.2. The molecule has 28 heavy (non-hydrogen) atoms. The zero-order chi connectivity index (χ0) is 20.1. The van der Waals surface area contributed by atoms with Gasteiger partial charge in [-0.05, 0) is 36.8 Å². The number of nitrogens with zero attached hydrogens (tertiary/aromatic N) is 1. The number of esters is 1. The van der Waals surface area contributed by atoms with Crippen LogP contribution < -0.4 is 15.0 Å². The molecule has 2 aromatic rings. The summed E-state index contributed by atoms with van der Waals surface area (Å²) in [5.74, 6) is -0.908. The normalized spacial score (nSPS) is 13.9. The molecule has 0 spiro atoms. The van der Waals surface area contributed by atoms with E-state index in [1.54, 1.807) is 24.3 Å². The second-order valence-corrected chi connectivity index (χ2v) is 7.15. The first-order chi connectivity index (χ1) is 13.4. The maximum Gasteiger partial charge on any atom is 0.326 e. The number of halogens is 1. The maximum atomic E-state index is 12.1. The van der Waals surface area contributed by atoms with Crippen LogP contribution in [0.4, 0.5) is 5.69 Å². The summed E-state index contributed by atoms with van der Waals surface area (Å²) < 4.78 is 11.3. The fourth-order valence-electron chi connectivity index (χ4n) is 2.77. The number of rotatable bonds is 6. The number of benzene rings is 2. The number of ether oxygens (including phenoxy) is 2. The lowest BCUT2D eigenvalue weighted by Gasteiger charge is -2.28. The van der Waals surface area contributed by atoms with Crippen LogP contribution in [0, 0.1) is 0 Å². The van der Waals surface area contributed by atoms with Gasteiger partial charge in [0.15, 0.2) is 13.2 Å². The van der Waals surface area contributed by atoms with Gasteiger partial charge in [0, 0.05) is 4.47 Å². The van der Waals surface area contributed by atoms with Gasteiger partial charge in [-0.1, -0.05) is 40.2 Å². The first-order valence-electron chi connectivity index (χ1n) is 8.66. The molecule has 1 aliphatic rings. The summed E-state index contributed by atoms with van der Waals surface area (Å²) in [7, 11) is 0. The minimum absolute atomic E-state index is 0.143. The lowest BCUT2D eigenvalue weighted by atomic mass is 10.1. The number of anilines is 1. The summed E-state index contributed by atoms with van der Waals surface area (Å²) in [4.78, 5) is 37.5. The van der Waals surface area contributed by atoms with Crippen molar-refractivity contribution in [3.63, 3.8) is 0 Å². The van der Waals surface area contributed by atoms with E-state index in [0.29, 0.717) is 11.4 Å². The summed E-state index contributed by atoms with van der Waals surface area (Å²) in [5.41, 5.74) is 1.43. The Morgan fingerprint density at radius 3 is 2.68 bits per heavy atom. The van der Waals surface area contributed by atoms with Gasteiger partial charge in [-0.2, -0.15) is 0 Å². The van der Waals surface area contributed by atoms with Gasteiger partial charge in [0.25, 0.3) is 11.8 Å². The highest BCUT2D eigenvalue weighted by molar-refractivity contribution is 9.10. The Kier molecular flexibility index (Phi) is 6.30. The lowest BCUT2D eigenvalue weighted by Crippen LogP contribution is -2.43. The van der Waals surface area contributed by atoms with E-state index in [1.807, 2.05) is 31.2 Å². The molecule has 1 heterocycles. The Morgan fingerprint density at radius 2 is 1.93 bits per heavy atom. The van der Waals surface area contributed by atoms with Crippen LogP contribution in [0.3, 0.4) is 0 Å². The van der Waals surface area contributed by atoms with Gasteiger partial charge < -0.3 is 14.8 Å². The van der Waals surface area contributed by atoms with Crippen LogP contribution in [-0.4, -0.2) is 37.5 Å². The first kappa shape index (κ1) is 19.9. The number of carbonyl (C=O) groups excluding carboxylic acids is 3. The van der Waals surface area contributed by atoms with Crippen molar-refractivity contribution in [2.75, 3.05) is 24.7 Å². The third kappa shape index (κ3) is 4.89. The standard InChI is InChI=1S/C20H19BrN2O5/c1-13(14-6-8-15(21)9-7-14)22-18(24)11-28-20(26)10-23-16-4-2-3-5-17(16)27-12-19(23)25/h2-9,13H,10-12H2,1H3,(H,22,24). The molecule has 1 unspecified atom stereocenters. The summed E-state index contributed by atoms with van der Waals surface area (Å²) in [6.45, 7) is 0.996. The molecule has 0 saturated carbocycles. The molecule has 0 radical (unpaired) electrons. The number of hydrogen-bond donors (Lipinski definition) is 1. The number of para-hydroxylation sites is 2. The second kappa shape index (κ2) is 8.88. The number of fused-ring (bicyclic) bond motifs is 1. The largest absolute Gasteiger partial charge is 0.482 e. The Morgan fingerprint density at radius 1 is 1.21 bits per heavy atom. The van der Waals surface area contributed by atoms with Crippen LogP contribution in [-0.2, 0) is 19.1 Å². The fourth-order valence-corrected chi connectivity index (χ4v) is 3.03. The van der Waals surface area contributed by atoms with E-state index in [-0.39, 0.29) is 25.1 Å². The monoisotopic (exact) mass is 446 g/mol. The molecule has 1 aliphatic heterocycles. The number of amides is 2. The van der Waals surface area contributed by atoms with Crippen LogP contribution >= 0.6 is 15.9 Å². The van der Waals surface area contributed by atoms with E-state index < -0.39 is 18.5 Å². The average Bonchev–Trinajstić information content (AvgIpc) is 2.69. The highest BCUT2D eigenvalue weighted by Crippen LogP contribution is 2.31. The Labute approximate surface area is 170 Å². The van der Waals surface area contributed by atoms with Gasteiger partial charge in [-0.3, -0.25) is 19.3 Å². The molecule has 2 aromatic carbocycles. The topological polar surface area (TPSA) is 84.9 Å². The molecule has 0 bridgehead atoms. The van der Waals surface area contributed by atoms with Crippen LogP contribution in [0.2, 0.25) is 0 Å². The highest BCUT2D eigenvalue weighted by Gasteiger charge is 2.27. The number of nitrogens with one attached hydrogen (secondary N) is 1. The third-order valence-corrected chi connectivity index (χ3v) is 4.74. The highest BCUT2D eigenvalue weighted by atomic mass is 79.9. The molecule has 2 amide bonds. The van der Waals surface area contributed by atoms with E-state index in [0.717, 1.165) is 10.0 Å². The quantitative estimate of drug-likeness (QED) is 0.689. The van der Waals surface area contributed by atoms with E-state index in [2.05, 4.69) is 21.2 Å². The maximum absolute atomic E-state index is 12.1. The van der Waals surface area contributed by atoms with Crippen molar-refractivity contribution >= 4 is 39.4 Å². The number of carbonyl (C=O) groups is 3. The SMILES string of the molecule is CC(NC(=O)COC(=O)CN1C(=O)COc2ccccc21)c1ccc(Br)cc1. The average molecular weight is 447 g/mol. The summed E-state index contributed by atoms with van der Waals surface area (Å²) in [6.07, 6.45) is 0. The van der Waals surface area contributed by atoms with Crippen molar-refractivity contribution < 1.29 is 23.9 Å². The van der Waals surface area contributed by atoms with E-state index in [4.69, 9.17) is 9.47 Å². The Balaban J connectivity index is 1.51. The fraction of sp³-hybridized carbons (Fsp3) is 0.250. The van der Waals surface area contributed by atoms with Crippen molar-refractivity contribution in [1.29, 1.82) is 0 Å². The van der Waals surface area contributed by atoms with Crippen molar-refractivity contribution in [1.82, 2.24) is 5.32 Å². The van der Waals surface area contributed by atoms with Gasteiger partial charge in [0.1, 0.15) is 12.3 Å². The molecule has 0 fully saturated rings. The van der Waals surface area contributed by atoms with Crippen LogP contribution in [0.15, 0.2) is 53.0 Å². The van der Waals surface area contributed by atoms with E-state index in [1.165, 1.54) is 4.90 Å². The van der Waals surface area contributed by atoms with E-state index in [9.17, 15) is 14.4 Å². The van der Waals surface area contributed by atoms with Crippen molar-refractivity contribution in [2.24, 2.45) is 0 Å². The van der Waals surface area contributed by atoms with Gasteiger partial charge in [0.2, 0.25) is 0 Å². The van der Waals surface area contributed by atoms with Crippen molar-refractivity contribution in [3.8, 4) is 5.75 Å². The molecule has 1 N–H and O–H groups in total. The molecular formula is C20H19BrN2O5. The van der Waals surface area contributed by atoms with Crippen LogP contribution in [0.1, 0.15) is 18.5 Å². The van der Waals surface area contributed by atoms with Gasteiger partial charge in [-0.25, -0.2) is 0 Å². The van der Waals surface area contributed by atoms with E-state index >= 15 is 0 Å². The third-order valence-electron chi connectivity index (χ3n) is 4.21. The predicted octanol–water partition coefficient (Wildman–Crippen LogP) is 2.60. The molecule has 0 saturated heterocycles. The van der Waals surface area contributed by atoms with Crippen LogP contribution in [0.5, 0.6) is 5.75 Å². The van der Waals surface area contributed by atoms with Gasteiger partial charge >= 0.3 is 5.97 Å². The van der Waals surface area contributed by atoms with Gasteiger partial charge in [0.05, 0.1) is 11.7 Å². The summed E-state index contributed by atoms with van der Waals surface area (Å²) in [6, 6.07) is 14.3. The van der Waals surface area contributed by atoms with Crippen molar-refractivity contribution in [3.05, 3.63) is 58.6 Å². The number of hydrogen-bond acceptors (Lipinski definition) is 5. The molecule has 146 valence electrons. The molecular weight excluding hydrogens is 428 g/mol. The minimum Gasteiger partial charge on any atom is -0.482 e. The zero-order valence-corrected chi connectivity index (χ0v) is 16.8. The Bertz CT molecular complexity index is 884. The second-order valence-electron chi connectivity index (χ2n) is 6.24. The summed E-state index contributed by atoms with van der Waals surface area (Å²) in [5, 5.41) is 2.77. The minimum atomic E-state index is -0.670. The molecule has 3 rings (SSSR count). The first-order valence-corrected chi connectivity index (χ1v) is 9.46. The molecule has 0 aromatic heterocycles.